The van der Waals surface area contributed by atoms with Crippen molar-refractivity contribution in [2.75, 3.05) is 0 Å². The van der Waals surface area contributed by atoms with Gasteiger partial charge < -0.3 is 0 Å². The average molecular weight is 1090 g/mol. The van der Waals surface area contributed by atoms with Crippen LogP contribution in [0.5, 0.6) is 0 Å². The lowest BCUT2D eigenvalue weighted by Crippen LogP contribution is -2.21. The molecule has 72 heavy (non-hydrogen) atoms. The molecule has 0 aliphatic heterocycles. The van der Waals surface area contributed by atoms with E-state index in [2.05, 4.69) is 0 Å². The molecule has 0 amide bonds. The minimum Gasteiger partial charge on any atom is -0.295 e. The van der Waals surface area contributed by atoms with Crippen molar-refractivity contribution in [2.45, 2.75) is 38.3 Å². The van der Waals surface area contributed by atoms with Crippen LogP contribution in [0.1, 0.15) is 117 Å². The second-order valence-corrected chi connectivity index (χ2v) is 22.0. The normalized spacial score (nSPS) is 12.1. The number of rotatable bonds is 19. The Labute approximate surface area is 404 Å². The van der Waals surface area contributed by atoms with Crippen LogP contribution < -0.4 is 0 Å². The first-order chi connectivity index (χ1) is 32.8. The lowest BCUT2D eigenvalue weighted by Gasteiger charge is -2.10. The SMILES string of the molecule is CC(=O)c1cc(C(=O)C(=O)c2cc(C(=O)C(=O)c3cc(C(=O)C(=O)c4cc(C(=O)C(=O)c5cc(C(C)=O)cc(S(=O)(=O)O)c5)cc(S(=O)(=O)O)c4)cc(S(=O)(=O)O)c3)cc(S(=O)(=O)O)c2)cc(S(=O)(=O)O)c1. The van der Waals surface area contributed by atoms with Crippen LogP contribution in [0.25, 0.3) is 0 Å². The Bertz CT molecular complexity index is 3740. The van der Waals surface area contributed by atoms with Crippen LogP contribution in [0.15, 0.2) is 115 Å². The quantitative estimate of drug-likeness (QED) is 0.0450. The predicted octanol–water partition coefficient (Wildman–Crippen LogP) is 2.59. The summed E-state index contributed by atoms with van der Waals surface area (Å²) in [6.07, 6.45) is 0. The molecular weight excluding hydrogens is 1060 g/mol. The second kappa shape index (κ2) is 19.5. The molecule has 0 aliphatic carbocycles. The zero-order valence-electron chi connectivity index (χ0n) is 35.6. The van der Waals surface area contributed by atoms with Gasteiger partial charge >= 0.3 is 0 Å². The molecule has 0 heterocycles. The fourth-order valence-electron chi connectivity index (χ4n) is 6.24. The van der Waals surface area contributed by atoms with E-state index in [4.69, 9.17) is 0 Å². The van der Waals surface area contributed by atoms with Gasteiger partial charge in [-0.3, -0.25) is 70.7 Å². The molecule has 0 bridgehead atoms. The minimum absolute atomic E-state index is 0.226. The van der Waals surface area contributed by atoms with Crippen molar-refractivity contribution < 1.29 is 113 Å². The smallest absolute Gasteiger partial charge is 0.294 e. The van der Waals surface area contributed by atoms with E-state index in [1.807, 2.05) is 0 Å². The first-order valence-corrected chi connectivity index (χ1v) is 26.0. The Hall–Kier alpha value is -7.65. The molecule has 5 aromatic rings. The van der Waals surface area contributed by atoms with E-state index in [9.17, 15) is 113 Å². The highest BCUT2D eigenvalue weighted by atomic mass is 32.2. The third kappa shape index (κ3) is 12.3. The van der Waals surface area contributed by atoms with Crippen LogP contribution in [-0.4, -0.2) is 123 Å². The van der Waals surface area contributed by atoms with Gasteiger partial charge in [-0.15, -0.1) is 0 Å². The number of benzene rings is 5. The Morgan fingerprint density at radius 2 is 0.347 bits per heavy atom. The van der Waals surface area contributed by atoms with E-state index >= 15 is 0 Å². The molecule has 0 aromatic heterocycles. The van der Waals surface area contributed by atoms with Gasteiger partial charge in [0.1, 0.15) is 0 Å². The maximum atomic E-state index is 13.7. The first kappa shape index (κ1) is 55.3. The lowest BCUT2D eigenvalue weighted by atomic mass is 9.93. The summed E-state index contributed by atoms with van der Waals surface area (Å²) in [5, 5.41) is 0. The first-order valence-electron chi connectivity index (χ1n) is 18.8. The summed E-state index contributed by atoms with van der Waals surface area (Å²) in [7, 11) is -26.8. The lowest BCUT2D eigenvalue weighted by molar-refractivity contribution is 0.0809. The van der Waals surface area contributed by atoms with Gasteiger partial charge in [0, 0.05) is 55.6 Å². The summed E-state index contributed by atoms with van der Waals surface area (Å²) in [5.41, 5.74) is -9.98. The molecule has 30 heteroatoms. The fraction of sp³-hybridized carbons (Fsp3) is 0.0476. The van der Waals surface area contributed by atoms with Gasteiger partial charge in [-0.2, -0.15) is 42.1 Å². The highest BCUT2D eigenvalue weighted by molar-refractivity contribution is 7.86. The summed E-state index contributed by atoms with van der Waals surface area (Å²) in [4.78, 5) is 126. The molecule has 5 N–H and O–H groups in total. The van der Waals surface area contributed by atoms with Crippen LogP contribution in [0, 0.1) is 0 Å². The van der Waals surface area contributed by atoms with Gasteiger partial charge in [-0.05, 0) is 105 Å². The molecule has 25 nitrogen and oxygen atoms in total. The number of carbonyl (C=O) groups is 10. The third-order valence-corrected chi connectivity index (χ3v) is 13.9. The summed E-state index contributed by atoms with van der Waals surface area (Å²) in [5.74, 6) is -16.6. The summed E-state index contributed by atoms with van der Waals surface area (Å²) >= 11 is 0. The number of ketones is 10. The van der Waals surface area contributed by atoms with E-state index in [1.165, 1.54) is 0 Å². The van der Waals surface area contributed by atoms with Gasteiger partial charge in [-0.25, -0.2) is 0 Å². The molecule has 0 unspecified atom stereocenters. The molecule has 5 aromatic carbocycles. The van der Waals surface area contributed by atoms with Crippen molar-refractivity contribution in [3.05, 3.63) is 147 Å². The van der Waals surface area contributed by atoms with Gasteiger partial charge in [0.25, 0.3) is 50.6 Å². The third-order valence-electron chi connectivity index (χ3n) is 9.76. The van der Waals surface area contributed by atoms with Crippen LogP contribution in [-0.2, 0) is 50.6 Å². The summed E-state index contributed by atoms with van der Waals surface area (Å²) < 4.78 is 170. The minimum atomic E-state index is -5.56. The average Bonchev–Trinajstić information content (AvgIpc) is 3.29. The Morgan fingerprint density at radius 1 is 0.236 bits per heavy atom. The van der Waals surface area contributed by atoms with Crippen molar-refractivity contribution in [3.63, 3.8) is 0 Å². The van der Waals surface area contributed by atoms with E-state index < -0.39 is 189 Å². The number of hydrogen-bond acceptors (Lipinski definition) is 20. The summed E-state index contributed by atoms with van der Waals surface area (Å²) in [6.45, 7) is 1.80. The van der Waals surface area contributed by atoms with Crippen LogP contribution in [0.3, 0.4) is 0 Å². The van der Waals surface area contributed by atoms with Crippen molar-refractivity contribution in [3.8, 4) is 0 Å². The van der Waals surface area contributed by atoms with Crippen molar-refractivity contribution in [1.82, 2.24) is 0 Å². The van der Waals surface area contributed by atoms with Crippen LogP contribution >= 0.6 is 0 Å². The Kier molecular flexibility index (Phi) is 15.0. The van der Waals surface area contributed by atoms with Gasteiger partial charge in [0.15, 0.2) is 11.6 Å². The van der Waals surface area contributed by atoms with Crippen molar-refractivity contribution >= 4 is 108 Å². The molecule has 0 spiro atoms. The van der Waals surface area contributed by atoms with Crippen molar-refractivity contribution in [1.29, 1.82) is 0 Å². The maximum absolute atomic E-state index is 13.7. The topological polar surface area (TPSA) is 443 Å². The molecule has 5 rings (SSSR count). The highest BCUT2D eigenvalue weighted by Crippen LogP contribution is 2.26. The monoisotopic (exact) mass is 1090 g/mol. The van der Waals surface area contributed by atoms with Crippen LogP contribution in [0.2, 0.25) is 0 Å². The fourth-order valence-corrected chi connectivity index (χ4v) is 9.00. The predicted molar refractivity (Wildman–Crippen MR) is 236 cm³/mol. The molecule has 374 valence electrons. The number of Topliss-reactive ketones (excluding diaryl/α,β-unsaturated/α-hetero) is 10. The van der Waals surface area contributed by atoms with E-state index in [0.29, 0.717) is 66.7 Å². The number of carbonyl (C=O) groups excluding carboxylic acids is 10. The summed E-state index contributed by atoms with van der Waals surface area (Å²) in [6, 6.07) is 6.14. The largest absolute Gasteiger partial charge is 0.295 e. The molecular formula is C42H26O25S5. The molecule has 0 saturated carbocycles. The molecule has 0 atom stereocenters. The maximum Gasteiger partial charge on any atom is 0.294 e. The Morgan fingerprint density at radius 3 is 0.458 bits per heavy atom. The van der Waals surface area contributed by atoms with E-state index in [0.717, 1.165) is 13.8 Å². The zero-order valence-corrected chi connectivity index (χ0v) is 39.7. The number of hydrogen-bond donors (Lipinski definition) is 5. The van der Waals surface area contributed by atoms with E-state index in [1.54, 1.807) is 0 Å². The Balaban J connectivity index is 1.60. The second-order valence-electron chi connectivity index (χ2n) is 14.9. The van der Waals surface area contributed by atoms with Crippen molar-refractivity contribution in [2.24, 2.45) is 0 Å². The van der Waals surface area contributed by atoms with Gasteiger partial charge in [-0.1, -0.05) is 0 Å². The van der Waals surface area contributed by atoms with Gasteiger partial charge in [0.05, 0.1) is 24.5 Å². The molecule has 0 radical (unpaired) electrons. The highest BCUT2D eigenvalue weighted by Gasteiger charge is 2.32. The standard InChI is InChI=1S/C42H26O25S5/c1-18(43)20-3-22(10-30(8-20)68(53,54)55)35(45)37(47)24-5-26(14-32(12-24)70(59,60)61)39(49)41(51)28-7-29(17-34(16-28)72(65,66)67)42(52)40(50)27-6-25(13-33(15-27)71(62,63)64)38(48)36(46)23-4-21(19(2)44)9-31(11-23)69(56,57)58/h3-17H,1-2H3,(H,53,54,55)(H,56,57,58)(H,59,60,61)(H,62,63,64)(H,65,66,67). The van der Waals surface area contributed by atoms with Gasteiger partial charge in [0.2, 0.25) is 46.3 Å². The molecule has 0 aliphatic rings. The van der Waals surface area contributed by atoms with E-state index in [-0.39, 0.29) is 24.3 Å². The molecule has 0 fully saturated rings. The van der Waals surface area contributed by atoms with Crippen LogP contribution in [0.4, 0.5) is 0 Å². The molecule has 0 saturated heterocycles. The zero-order chi connectivity index (χ0) is 54.5.